The van der Waals surface area contributed by atoms with Gasteiger partial charge in [0, 0.05) is 6.42 Å². The first-order valence-electron chi connectivity index (χ1n) is 9.51. The van der Waals surface area contributed by atoms with Crippen molar-refractivity contribution in [3.05, 3.63) is 70.8 Å². The van der Waals surface area contributed by atoms with E-state index < -0.39 is 53.5 Å². The average Bonchev–Trinajstić information content (AvgIpc) is 2.63. The summed E-state index contributed by atoms with van der Waals surface area (Å²) in [6.45, 7) is 4.59. The van der Waals surface area contributed by atoms with Gasteiger partial charge in [0.2, 0.25) is 0 Å². The van der Waals surface area contributed by atoms with Crippen molar-refractivity contribution in [1.82, 2.24) is 5.32 Å². The van der Waals surface area contributed by atoms with Crippen molar-refractivity contribution in [3.63, 3.8) is 0 Å². The quantitative estimate of drug-likeness (QED) is 0.479. The van der Waals surface area contributed by atoms with E-state index >= 15 is 0 Å². The van der Waals surface area contributed by atoms with Gasteiger partial charge in [0.15, 0.2) is 0 Å². The van der Waals surface area contributed by atoms with Crippen LogP contribution in [0.4, 0.5) is 26.7 Å². The third-order valence-electron chi connectivity index (χ3n) is 4.02. The number of esters is 1. The Morgan fingerprint density at radius 3 is 2.03 bits per heavy atom. The minimum atomic E-state index is -5.23. The van der Waals surface area contributed by atoms with Gasteiger partial charge in [-0.15, -0.1) is 0 Å². The van der Waals surface area contributed by atoms with Crippen molar-refractivity contribution in [2.45, 2.75) is 51.6 Å². The highest BCUT2D eigenvalue weighted by Crippen LogP contribution is 2.34. The maximum Gasteiger partial charge on any atom is 0.422 e. The fourth-order valence-electron chi connectivity index (χ4n) is 2.72. The number of benzene rings is 2. The number of halogens is 5. The van der Waals surface area contributed by atoms with Crippen LogP contribution in [0.25, 0.3) is 0 Å². The van der Waals surface area contributed by atoms with E-state index in [9.17, 15) is 31.5 Å². The Labute approximate surface area is 181 Å². The van der Waals surface area contributed by atoms with Crippen LogP contribution in [0.3, 0.4) is 0 Å². The number of alkyl carbamates (subject to hydrolysis) is 1. The molecule has 0 fully saturated rings. The highest BCUT2D eigenvalue weighted by atomic mass is 19.4. The van der Waals surface area contributed by atoms with Crippen molar-refractivity contribution in [1.29, 1.82) is 0 Å². The topological polar surface area (TPSA) is 64.6 Å². The second-order valence-corrected chi connectivity index (χ2v) is 7.93. The molecule has 0 heterocycles. The summed E-state index contributed by atoms with van der Waals surface area (Å²) in [4.78, 5) is 24.7. The van der Waals surface area contributed by atoms with Gasteiger partial charge in [0.25, 0.3) is 0 Å². The van der Waals surface area contributed by atoms with Crippen LogP contribution in [-0.4, -0.2) is 23.7 Å². The first-order valence-corrected chi connectivity index (χ1v) is 9.51. The van der Waals surface area contributed by atoms with Crippen molar-refractivity contribution < 1.29 is 41.0 Å². The molecule has 174 valence electrons. The van der Waals surface area contributed by atoms with Crippen LogP contribution in [0.15, 0.2) is 42.5 Å². The minimum absolute atomic E-state index is 0.151. The summed E-state index contributed by atoms with van der Waals surface area (Å²) < 4.78 is 76.5. The number of carbonyl (C=O) groups excluding carboxylic acids is 2. The Bertz CT molecular complexity index is 932. The lowest BCUT2D eigenvalue weighted by molar-refractivity contribution is -0.147. The molecule has 1 unspecified atom stereocenters. The molecule has 0 aliphatic heterocycles. The molecular weight excluding hydrogens is 437 g/mol. The zero-order chi connectivity index (χ0) is 24.1. The third-order valence-corrected chi connectivity index (χ3v) is 4.02. The van der Waals surface area contributed by atoms with Crippen molar-refractivity contribution in [3.8, 4) is 0 Å². The number of hydrogen-bond acceptors (Lipinski definition) is 4. The summed E-state index contributed by atoms with van der Waals surface area (Å²) in [6.07, 6.45) is -6.76. The van der Waals surface area contributed by atoms with E-state index in [4.69, 9.17) is 9.47 Å². The molecule has 0 spiro atoms. The second kappa shape index (κ2) is 9.97. The lowest BCUT2D eigenvalue weighted by Gasteiger charge is -2.23. The summed E-state index contributed by atoms with van der Waals surface area (Å²) in [5, 5.41) is 2.24. The first kappa shape index (κ1) is 25.1. The molecule has 0 radical (unpaired) electrons. The minimum Gasteiger partial charge on any atom is -0.459 e. The molecule has 0 bridgehead atoms. The highest BCUT2D eigenvalue weighted by Gasteiger charge is 2.38. The summed E-state index contributed by atoms with van der Waals surface area (Å²) >= 11 is 0. The number of ether oxygens (including phenoxy) is 2. The van der Waals surface area contributed by atoms with Gasteiger partial charge in [-0.05, 0) is 44.0 Å². The van der Waals surface area contributed by atoms with E-state index in [0.717, 1.165) is 0 Å². The van der Waals surface area contributed by atoms with Gasteiger partial charge in [-0.3, -0.25) is 0 Å². The zero-order valence-corrected chi connectivity index (χ0v) is 17.6. The summed E-state index contributed by atoms with van der Waals surface area (Å²) in [5.74, 6) is -4.62. The Hall–Kier alpha value is -3.17. The van der Waals surface area contributed by atoms with Crippen LogP contribution >= 0.6 is 0 Å². The summed E-state index contributed by atoms with van der Waals surface area (Å²) in [6, 6.07) is 8.01. The molecule has 2 aromatic carbocycles. The Balaban J connectivity index is 2.23. The maximum atomic E-state index is 13.9. The molecule has 0 aromatic heterocycles. The van der Waals surface area contributed by atoms with E-state index in [1.807, 2.05) is 0 Å². The summed E-state index contributed by atoms with van der Waals surface area (Å²) in [7, 11) is 0. The molecule has 0 aliphatic carbocycles. The lowest BCUT2D eigenvalue weighted by atomic mass is 10.0. The Morgan fingerprint density at radius 1 is 0.969 bits per heavy atom. The molecule has 0 saturated carbocycles. The average molecular weight is 459 g/mol. The normalized spacial score (nSPS) is 12.8. The zero-order valence-electron chi connectivity index (χ0n) is 17.6. The van der Waals surface area contributed by atoms with Gasteiger partial charge in [-0.25, -0.2) is 18.4 Å². The second-order valence-electron chi connectivity index (χ2n) is 7.93. The Kier molecular flexibility index (Phi) is 7.82. The largest absolute Gasteiger partial charge is 0.459 e. The molecule has 1 amide bonds. The number of nitrogens with one attached hydrogen (secondary N) is 1. The molecule has 1 atom stereocenters. The lowest BCUT2D eigenvalue weighted by Crippen LogP contribution is -2.45. The smallest absolute Gasteiger partial charge is 0.422 e. The number of carbonyl (C=O) groups is 2. The summed E-state index contributed by atoms with van der Waals surface area (Å²) in [5.41, 5.74) is -2.59. The van der Waals surface area contributed by atoms with Crippen LogP contribution in [-0.2, 0) is 33.5 Å². The van der Waals surface area contributed by atoms with Gasteiger partial charge in [0.1, 0.15) is 35.4 Å². The fraction of sp³-hybridized carbons (Fsp3) is 0.364. The van der Waals surface area contributed by atoms with E-state index in [-0.39, 0.29) is 12.2 Å². The maximum absolute atomic E-state index is 13.9. The monoisotopic (exact) mass is 459 g/mol. The van der Waals surface area contributed by atoms with Gasteiger partial charge in [0.05, 0.1) is 0 Å². The van der Waals surface area contributed by atoms with Gasteiger partial charge in [-0.2, -0.15) is 13.2 Å². The van der Waals surface area contributed by atoms with Crippen LogP contribution in [0.1, 0.15) is 37.5 Å². The fourth-order valence-corrected chi connectivity index (χ4v) is 2.72. The standard InChI is InChI=1S/C22H22F5NO4/c1-21(2,3)32-20(30)28-17(19(29)31-12-13-7-5-4-6-8-13)11-14-9-15(23)18(16(24)10-14)22(25,26)27/h4-10,17H,11-12H2,1-3H3,(H,28,30). The first-order chi connectivity index (χ1) is 14.8. The molecule has 0 aliphatic rings. The molecule has 10 heteroatoms. The molecule has 2 aromatic rings. The van der Waals surface area contributed by atoms with Crippen molar-refractivity contribution in [2.24, 2.45) is 0 Å². The van der Waals surface area contributed by atoms with Crippen LogP contribution < -0.4 is 5.32 Å². The van der Waals surface area contributed by atoms with Gasteiger partial charge in [-0.1, -0.05) is 30.3 Å². The van der Waals surface area contributed by atoms with Crippen molar-refractivity contribution in [2.75, 3.05) is 0 Å². The van der Waals surface area contributed by atoms with Crippen LogP contribution in [0, 0.1) is 11.6 Å². The number of hydrogen-bond donors (Lipinski definition) is 1. The molecule has 2 rings (SSSR count). The molecule has 5 nitrogen and oxygen atoms in total. The third kappa shape index (κ3) is 7.51. The highest BCUT2D eigenvalue weighted by molar-refractivity contribution is 5.81. The van der Waals surface area contributed by atoms with E-state index in [1.54, 1.807) is 51.1 Å². The van der Waals surface area contributed by atoms with E-state index in [0.29, 0.717) is 17.7 Å². The van der Waals surface area contributed by atoms with Crippen LogP contribution in [0.5, 0.6) is 0 Å². The number of amides is 1. The van der Waals surface area contributed by atoms with Gasteiger partial charge < -0.3 is 14.8 Å². The molecule has 32 heavy (non-hydrogen) atoms. The Morgan fingerprint density at radius 2 is 1.53 bits per heavy atom. The number of rotatable bonds is 6. The van der Waals surface area contributed by atoms with Crippen LogP contribution in [0.2, 0.25) is 0 Å². The predicted octanol–water partition coefficient (Wildman–Crippen LogP) is 5.16. The number of alkyl halides is 3. The van der Waals surface area contributed by atoms with E-state index in [2.05, 4.69) is 5.32 Å². The van der Waals surface area contributed by atoms with Gasteiger partial charge >= 0.3 is 18.2 Å². The molecule has 0 saturated heterocycles. The molecule has 1 N–H and O–H groups in total. The van der Waals surface area contributed by atoms with E-state index in [1.165, 1.54) is 0 Å². The molecular formula is C22H22F5NO4. The SMILES string of the molecule is CC(C)(C)OC(=O)NC(Cc1cc(F)c(C(F)(F)F)c(F)c1)C(=O)OCc1ccccc1. The van der Waals surface area contributed by atoms with Crippen molar-refractivity contribution >= 4 is 12.1 Å². The predicted molar refractivity (Wildman–Crippen MR) is 104 cm³/mol.